The van der Waals surface area contributed by atoms with E-state index in [4.69, 9.17) is 4.74 Å². The summed E-state index contributed by atoms with van der Waals surface area (Å²) in [6, 6.07) is 9.61. The molecule has 0 aromatic heterocycles. The molecular weight excluding hydrogens is 254 g/mol. The Labute approximate surface area is 121 Å². The van der Waals surface area contributed by atoms with Gasteiger partial charge < -0.3 is 15.2 Å². The highest BCUT2D eigenvalue weighted by molar-refractivity contribution is 5.67. The Morgan fingerprint density at radius 2 is 1.90 bits per heavy atom. The van der Waals surface area contributed by atoms with Crippen LogP contribution in [0.1, 0.15) is 51.7 Å². The van der Waals surface area contributed by atoms with Gasteiger partial charge in [-0.05, 0) is 45.6 Å². The lowest BCUT2D eigenvalue weighted by Crippen LogP contribution is -2.33. The molecule has 4 nitrogen and oxygen atoms in total. The highest BCUT2D eigenvalue weighted by Crippen LogP contribution is 2.18. The molecule has 112 valence electrons. The molecule has 4 heteroatoms. The highest BCUT2D eigenvalue weighted by atomic mass is 16.6. The van der Waals surface area contributed by atoms with Crippen LogP contribution in [0, 0.1) is 0 Å². The minimum atomic E-state index is -0.465. The van der Waals surface area contributed by atoms with Crippen LogP contribution in [-0.4, -0.2) is 23.3 Å². The second-order valence-corrected chi connectivity index (χ2v) is 5.85. The Kier molecular flexibility index (Phi) is 6.52. The van der Waals surface area contributed by atoms with Gasteiger partial charge in [-0.1, -0.05) is 30.3 Å². The lowest BCUT2D eigenvalue weighted by molar-refractivity contribution is 0.0526. The SMILES string of the molecule is CC(C)(C)OC(=O)NCCCCC(O)c1ccccc1. The quantitative estimate of drug-likeness (QED) is 0.784. The molecule has 0 fully saturated rings. The molecule has 0 radical (unpaired) electrons. The van der Waals surface area contributed by atoms with Crippen molar-refractivity contribution in [1.82, 2.24) is 5.32 Å². The molecule has 0 saturated heterocycles. The first-order valence-corrected chi connectivity index (χ1v) is 7.08. The minimum absolute atomic E-state index is 0.388. The average Bonchev–Trinajstić information content (AvgIpc) is 2.37. The first kappa shape index (κ1) is 16.5. The van der Waals surface area contributed by atoms with E-state index in [2.05, 4.69) is 5.32 Å². The Balaban J connectivity index is 2.12. The number of aliphatic hydroxyl groups is 1. The van der Waals surface area contributed by atoms with E-state index < -0.39 is 11.7 Å². The summed E-state index contributed by atoms with van der Waals surface area (Å²) in [6.45, 7) is 6.07. The van der Waals surface area contributed by atoms with Crippen LogP contribution in [0.3, 0.4) is 0 Å². The molecule has 1 rings (SSSR count). The molecule has 0 aliphatic carbocycles. The number of benzene rings is 1. The Morgan fingerprint density at radius 1 is 1.25 bits per heavy atom. The summed E-state index contributed by atoms with van der Waals surface area (Å²) in [4.78, 5) is 11.4. The van der Waals surface area contributed by atoms with Gasteiger partial charge in [0.05, 0.1) is 6.10 Å². The predicted molar refractivity (Wildman–Crippen MR) is 79.5 cm³/mol. The van der Waals surface area contributed by atoms with Gasteiger partial charge in [0, 0.05) is 6.54 Å². The van der Waals surface area contributed by atoms with Crippen molar-refractivity contribution in [3.05, 3.63) is 35.9 Å². The maximum absolute atomic E-state index is 11.4. The number of nitrogens with one attached hydrogen (secondary N) is 1. The molecule has 0 bridgehead atoms. The standard InChI is InChI=1S/C16H25NO3/c1-16(2,3)20-15(19)17-12-8-7-11-14(18)13-9-5-4-6-10-13/h4-6,9-10,14,18H,7-8,11-12H2,1-3H3,(H,17,19). The topological polar surface area (TPSA) is 58.6 Å². The molecule has 1 aromatic carbocycles. The number of carbonyl (C=O) groups excluding carboxylic acids is 1. The van der Waals surface area contributed by atoms with Gasteiger partial charge in [-0.25, -0.2) is 4.79 Å². The minimum Gasteiger partial charge on any atom is -0.444 e. The van der Waals surface area contributed by atoms with Crippen molar-refractivity contribution in [2.45, 2.75) is 51.7 Å². The summed E-state index contributed by atoms with van der Waals surface area (Å²) in [6.07, 6.45) is 1.55. The summed E-state index contributed by atoms with van der Waals surface area (Å²) in [5.74, 6) is 0. The number of alkyl carbamates (subject to hydrolysis) is 1. The molecular formula is C16H25NO3. The zero-order valence-corrected chi connectivity index (χ0v) is 12.6. The van der Waals surface area contributed by atoms with Gasteiger partial charge in [0.25, 0.3) is 0 Å². The fourth-order valence-corrected chi connectivity index (χ4v) is 1.81. The zero-order chi connectivity index (χ0) is 15.0. The van der Waals surface area contributed by atoms with E-state index >= 15 is 0 Å². The highest BCUT2D eigenvalue weighted by Gasteiger charge is 2.15. The van der Waals surface area contributed by atoms with E-state index in [0.717, 1.165) is 18.4 Å². The van der Waals surface area contributed by atoms with Crippen LogP contribution >= 0.6 is 0 Å². The summed E-state index contributed by atoms with van der Waals surface area (Å²) >= 11 is 0. The molecule has 1 unspecified atom stereocenters. The molecule has 1 amide bonds. The number of hydrogen-bond donors (Lipinski definition) is 2. The van der Waals surface area contributed by atoms with Gasteiger partial charge in [-0.3, -0.25) is 0 Å². The van der Waals surface area contributed by atoms with Crippen LogP contribution in [0.15, 0.2) is 30.3 Å². The number of hydrogen-bond acceptors (Lipinski definition) is 3. The average molecular weight is 279 g/mol. The van der Waals surface area contributed by atoms with E-state index in [0.29, 0.717) is 13.0 Å². The molecule has 1 atom stereocenters. The van der Waals surface area contributed by atoms with Crippen molar-refractivity contribution in [2.75, 3.05) is 6.54 Å². The largest absolute Gasteiger partial charge is 0.444 e. The van der Waals surface area contributed by atoms with E-state index in [9.17, 15) is 9.90 Å². The summed E-state index contributed by atoms with van der Waals surface area (Å²) in [5.41, 5.74) is 0.473. The molecule has 0 saturated carbocycles. The lowest BCUT2D eigenvalue weighted by Gasteiger charge is -2.19. The summed E-state index contributed by atoms with van der Waals surface area (Å²) < 4.78 is 5.14. The van der Waals surface area contributed by atoms with Gasteiger partial charge in [0.15, 0.2) is 0 Å². The number of rotatable bonds is 6. The summed E-state index contributed by atoms with van der Waals surface area (Å²) in [5, 5.41) is 12.7. The van der Waals surface area contributed by atoms with Crippen molar-refractivity contribution in [1.29, 1.82) is 0 Å². The number of carbonyl (C=O) groups is 1. The third-order valence-electron chi connectivity index (χ3n) is 2.76. The number of unbranched alkanes of at least 4 members (excludes halogenated alkanes) is 1. The smallest absolute Gasteiger partial charge is 0.407 e. The Bertz CT molecular complexity index is 398. The first-order chi connectivity index (χ1) is 9.38. The van der Waals surface area contributed by atoms with Gasteiger partial charge in [0.1, 0.15) is 5.60 Å². The third-order valence-corrected chi connectivity index (χ3v) is 2.76. The van der Waals surface area contributed by atoms with Crippen LogP contribution in [0.2, 0.25) is 0 Å². The fourth-order valence-electron chi connectivity index (χ4n) is 1.81. The maximum Gasteiger partial charge on any atom is 0.407 e. The third kappa shape index (κ3) is 7.14. The predicted octanol–water partition coefficient (Wildman–Crippen LogP) is 3.42. The number of aliphatic hydroxyl groups excluding tert-OH is 1. The molecule has 0 heterocycles. The Hall–Kier alpha value is -1.55. The first-order valence-electron chi connectivity index (χ1n) is 7.08. The molecule has 0 aliphatic rings. The second kappa shape index (κ2) is 7.90. The normalized spacial score (nSPS) is 12.8. The van der Waals surface area contributed by atoms with E-state index in [1.165, 1.54) is 0 Å². The van der Waals surface area contributed by atoms with Crippen LogP contribution < -0.4 is 5.32 Å². The Morgan fingerprint density at radius 3 is 2.50 bits per heavy atom. The molecule has 1 aromatic rings. The maximum atomic E-state index is 11.4. The molecule has 0 spiro atoms. The molecule has 0 aliphatic heterocycles. The van der Waals surface area contributed by atoms with Crippen molar-refractivity contribution in [3.8, 4) is 0 Å². The van der Waals surface area contributed by atoms with E-state index in [1.54, 1.807) is 0 Å². The van der Waals surface area contributed by atoms with Crippen molar-refractivity contribution >= 4 is 6.09 Å². The van der Waals surface area contributed by atoms with Gasteiger partial charge in [0.2, 0.25) is 0 Å². The van der Waals surface area contributed by atoms with Crippen molar-refractivity contribution < 1.29 is 14.6 Å². The van der Waals surface area contributed by atoms with Crippen LogP contribution in [0.5, 0.6) is 0 Å². The lowest BCUT2D eigenvalue weighted by atomic mass is 10.0. The second-order valence-electron chi connectivity index (χ2n) is 5.85. The van der Waals surface area contributed by atoms with Crippen LogP contribution in [-0.2, 0) is 4.74 Å². The number of amides is 1. The zero-order valence-electron chi connectivity index (χ0n) is 12.6. The van der Waals surface area contributed by atoms with Crippen LogP contribution in [0.25, 0.3) is 0 Å². The van der Waals surface area contributed by atoms with Gasteiger partial charge in [-0.15, -0.1) is 0 Å². The van der Waals surface area contributed by atoms with E-state index in [1.807, 2.05) is 51.1 Å². The van der Waals surface area contributed by atoms with Gasteiger partial charge in [-0.2, -0.15) is 0 Å². The fraction of sp³-hybridized carbons (Fsp3) is 0.562. The van der Waals surface area contributed by atoms with Crippen LogP contribution in [0.4, 0.5) is 4.79 Å². The van der Waals surface area contributed by atoms with Crippen molar-refractivity contribution in [2.24, 2.45) is 0 Å². The number of ether oxygens (including phenoxy) is 1. The molecule has 2 N–H and O–H groups in total. The monoisotopic (exact) mass is 279 g/mol. The van der Waals surface area contributed by atoms with Crippen molar-refractivity contribution in [3.63, 3.8) is 0 Å². The molecule has 20 heavy (non-hydrogen) atoms. The van der Waals surface area contributed by atoms with Gasteiger partial charge >= 0.3 is 6.09 Å². The van der Waals surface area contributed by atoms with E-state index in [-0.39, 0.29) is 6.09 Å². The summed E-state index contributed by atoms with van der Waals surface area (Å²) in [7, 11) is 0.